The van der Waals surface area contributed by atoms with Crippen LogP contribution >= 0.6 is 24.2 Å². The number of amides is 1. The summed E-state index contributed by atoms with van der Waals surface area (Å²) in [6.45, 7) is 6.74. The van der Waals surface area contributed by atoms with Crippen LogP contribution in [-0.4, -0.2) is 48.0 Å². The summed E-state index contributed by atoms with van der Waals surface area (Å²) in [5.74, 6) is 2.83. The van der Waals surface area contributed by atoms with Gasteiger partial charge in [0.05, 0.1) is 0 Å². The van der Waals surface area contributed by atoms with Crippen LogP contribution < -0.4 is 5.32 Å². The third-order valence-electron chi connectivity index (χ3n) is 5.39. The Balaban J connectivity index is 0.00000242. The summed E-state index contributed by atoms with van der Waals surface area (Å²) >= 11 is 2.06. The maximum atomic E-state index is 12.6. The first kappa shape index (κ1) is 20.1. The highest BCUT2D eigenvalue weighted by Gasteiger charge is 2.31. The molecule has 2 rings (SSSR count). The summed E-state index contributed by atoms with van der Waals surface area (Å²) in [7, 11) is 2.03. The van der Waals surface area contributed by atoms with E-state index in [1.165, 1.54) is 37.9 Å². The molecule has 2 aliphatic rings. The fraction of sp³-hybridized carbons (Fsp3) is 0.941. The predicted octanol–water partition coefficient (Wildman–Crippen LogP) is 3.57. The average Bonchev–Trinajstić information content (AvgIpc) is 2.96. The van der Waals surface area contributed by atoms with Gasteiger partial charge in [-0.15, -0.1) is 12.4 Å². The molecule has 0 aromatic rings. The van der Waals surface area contributed by atoms with Gasteiger partial charge in [-0.25, -0.2) is 0 Å². The Morgan fingerprint density at radius 2 is 1.95 bits per heavy atom. The van der Waals surface area contributed by atoms with Crippen LogP contribution in [0.15, 0.2) is 0 Å². The highest BCUT2D eigenvalue weighted by Crippen LogP contribution is 2.33. The van der Waals surface area contributed by atoms with Crippen LogP contribution in [0, 0.1) is 11.8 Å². The summed E-state index contributed by atoms with van der Waals surface area (Å²) in [4.78, 5) is 14.6. The van der Waals surface area contributed by atoms with Crippen molar-refractivity contribution >= 4 is 30.1 Å². The summed E-state index contributed by atoms with van der Waals surface area (Å²) in [6, 6.07) is 0.488. The number of hydrogen-bond donors (Lipinski definition) is 1. The van der Waals surface area contributed by atoms with Gasteiger partial charge in [0, 0.05) is 24.8 Å². The molecule has 5 heteroatoms. The summed E-state index contributed by atoms with van der Waals surface area (Å²) in [5.41, 5.74) is 0. The van der Waals surface area contributed by atoms with E-state index >= 15 is 0 Å². The van der Waals surface area contributed by atoms with Gasteiger partial charge < -0.3 is 10.2 Å². The van der Waals surface area contributed by atoms with Crippen LogP contribution in [-0.2, 0) is 4.79 Å². The van der Waals surface area contributed by atoms with Gasteiger partial charge in [0.25, 0.3) is 0 Å². The number of piperidine rings is 1. The van der Waals surface area contributed by atoms with Crippen molar-refractivity contribution in [1.82, 2.24) is 10.2 Å². The Labute approximate surface area is 146 Å². The van der Waals surface area contributed by atoms with Crippen molar-refractivity contribution in [2.45, 2.75) is 63.7 Å². The lowest BCUT2D eigenvalue weighted by atomic mass is 9.84. The van der Waals surface area contributed by atoms with Gasteiger partial charge in [0.2, 0.25) is 5.91 Å². The number of thioether (sulfide) groups is 1. The Bertz CT molecular complexity index is 337. The third-order valence-corrected chi connectivity index (χ3v) is 6.62. The highest BCUT2D eigenvalue weighted by molar-refractivity contribution is 7.99. The Morgan fingerprint density at radius 3 is 2.59 bits per heavy atom. The van der Waals surface area contributed by atoms with E-state index in [-0.39, 0.29) is 12.4 Å². The van der Waals surface area contributed by atoms with Gasteiger partial charge >= 0.3 is 0 Å². The van der Waals surface area contributed by atoms with Gasteiger partial charge in [-0.1, -0.05) is 13.8 Å². The second kappa shape index (κ2) is 10.0. The van der Waals surface area contributed by atoms with Crippen molar-refractivity contribution in [3.8, 4) is 0 Å². The van der Waals surface area contributed by atoms with E-state index in [4.69, 9.17) is 0 Å². The SMILES string of the molecule is CCSC1CCC(N(C)C(=O)CC(C)C2CCNCC2)C1.Cl. The number of carbonyl (C=O) groups excluding carboxylic acids is 1. The first-order chi connectivity index (χ1) is 10.1. The van der Waals surface area contributed by atoms with Crippen molar-refractivity contribution in [2.24, 2.45) is 11.8 Å². The number of rotatable bonds is 6. The number of nitrogens with zero attached hydrogens (tertiary/aromatic N) is 1. The molecule has 1 saturated carbocycles. The van der Waals surface area contributed by atoms with E-state index in [9.17, 15) is 4.79 Å². The number of nitrogens with one attached hydrogen (secondary N) is 1. The second-order valence-electron chi connectivity index (χ2n) is 6.82. The van der Waals surface area contributed by atoms with Crippen LogP contribution in [0.1, 0.15) is 52.4 Å². The van der Waals surface area contributed by atoms with Crippen LogP contribution in [0.3, 0.4) is 0 Å². The minimum Gasteiger partial charge on any atom is -0.343 e. The molecule has 1 amide bonds. The van der Waals surface area contributed by atoms with Crippen LogP contribution in [0.4, 0.5) is 0 Å². The molecule has 1 aliphatic heterocycles. The summed E-state index contributed by atoms with van der Waals surface area (Å²) in [5, 5.41) is 4.18. The molecule has 0 aromatic heterocycles. The zero-order valence-corrected chi connectivity index (χ0v) is 16.0. The molecule has 2 fully saturated rings. The quantitative estimate of drug-likeness (QED) is 0.796. The third kappa shape index (κ3) is 5.61. The van der Waals surface area contributed by atoms with Crippen molar-refractivity contribution < 1.29 is 4.79 Å². The maximum absolute atomic E-state index is 12.6. The number of hydrogen-bond acceptors (Lipinski definition) is 3. The van der Waals surface area contributed by atoms with Gasteiger partial charge in [-0.3, -0.25) is 4.79 Å². The molecular weight excluding hydrogens is 316 g/mol. The van der Waals surface area contributed by atoms with Gasteiger partial charge in [0.1, 0.15) is 0 Å². The number of halogens is 1. The van der Waals surface area contributed by atoms with Crippen molar-refractivity contribution in [3.05, 3.63) is 0 Å². The highest BCUT2D eigenvalue weighted by atomic mass is 35.5. The van der Waals surface area contributed by atoms with Crippen LogP contribution in [0.25, 0.3) is 0 Å². The summed E-state index contributed by atoms with van der Waals surface area (Å²) < 4.78 is 0. The summed E-state index contributed by atoms with van der Waals surface area (Å²) in [6.07, 6.45) is 6.88. The average molecular weight is 349 g/mol. The standard InChI is InChI=1S/C17H32N2OS.ClH/c1-4-21-16-6-5-15(12-16)19(3)17(20)11-13(2)14-7-9-18-10-8-14;/h13-16,18H,4-12H2,1-3H3;1H. The molecule has 1 heterocycles. The van der Waals surface area contributed by atoms with Gasteiger partial charge in [0.15, 0.2) is 0 Å². The van der Waals surface area contributed by atoms with E-state index in [0.717, 1.165) is 30.7 Å². The lowest BCUT2D eigenvalue weighted by Crippen LogP contribution is -2.38. The Morgan fingerprint density at radius 1 is 1.27 bits per heavy atom. The normalized spacial score (nSPS) is 27.2. The van der Waals surface area contributed by atoms with E-state index in [1.54, 1.807) is 0 Å². The molecule has 3 unspecified atom stereocenters. The smallest absolute Gasteiger partial charge is 0.222 e. The number of carbonyl (C=O) groups is 1. The molecular formula is C17H33ClN2OS. The van der Waals surface area contributed by atoms with Crippen molar-refractivity contribution in [2.75, 3.05) is 25.9 Å². The first-order valence-electron chi connectivity index (χ1n) is 8.69. The molecule has 0 radical (unpaired) electrons. The Kier molecular flexibility index (Phi) is 9.18. The van der Waals surface area contributed by atoms with Crippen LogP contribution in [0.2, 0.25) is 0 Å². The van der Waals surface area contributed by atoms with E-state index < -0.39 is 0 Å². The van der Waals surface area contributed by atoms with Gasteiger partial charge in [-0.05, 0) is 62.8 Å². The molecule has 3 nitrogen and oxygen atoms in total. The molecule has 22 heavy (non-hydrogen) atoms. The molecule has 130 valence electrons. The maximum Gasteiger partial charge on any atom is 0.222 e. The Hall–Kier alpha value is 0.0700. The molecule has 0 bridgehead atoms. The van der Waals surface area contributed by atoms with Crippen molar-refractivity contribution in [3.63, 3.8) is 0 Å². The molecule has 0 spiro atoms. The first-order valence-corrected chi connectivity index (χ1v) is 9.74. The molecule has 0 aromatic carbocycles. The topological polar surface area (TPSA) is 32.3 Å². The molecule has 1 saturated heterocycles. The zero-order valence-electron chi connectivity index (χ0n) is 14.3. The van der Waals surface area contributed by atoms with Gasteiger partial charge in [-0.2, -0.15) is 11.8 Å². The van der Waals surface area contributed by atoms with E-state index in [0.29, 0.717) is 17.9 Å². The molecule has 1 aliphatic carbocycles. The monoisotopic (exact) mass is 348 g/mol. The fourth-order valence-electron chi connectivity index (χ4n) is 3.86. The zero-order chi connectivity index (χ0) is 15.2. The van der Waals surface area contributed by atoms with Crippen LogP contribution in [0.5, 0.6) is 0 Å². The lowest BCUT2D eigenvalue weighted by molar-refractivity contribution is -0.133. The largest absolute Gasteiger partial charge is 0.343 e. The predicted molar refractivity (Wildman–Crippen MR) is 99.0 cm³/mol. The minimum absolute atomic E-state index is 0. The fourth-order valence-corrected chi connectivity index (χ4v) is 4.99. The molecule has 3 atom stereocenters. The van der Waals surface area contributed by atoms with E-state index in [1.807, 2.05) is 7.05 Å². The van der Waals surface area contributed by atoms with Crippen molar-refractivity contribution in [1.29, 1.82) is 0 Å². The second-order valence-corrected chi connectivity index (χ2v) is 8.40. The van der Waals surface area contributed by atoms with E-state index in [2.05, 4.69) is 35.8 Å². The lowest BCUT2D eigenvalue weighted by Gasteiger charge is -2.31. The molecule has 1 N–H and O–H groups in total. The minimum atomic E-state index is 0.